The summed E-state index contributed by atoms with van der Waals surface area (Å²) in [5.74, 6) is 0.604. The second-order valence-corrected chi connectivity index (χ2v) is 9.55. The molecule has 0 saturated carbocycles. The van der Waals surface area contributed by atoms with Crippen molar-refractivity contribution >= 4 is 6.15 Å². The molecule has 33 heavy (non-hydrogen) atoms. The summed E-state index contributed by atoms with van der Waals surface area (Å²) >= 11 is 0. The SMILES string of the molecule is C.CCC1(C)C(Cc2ccc(C)cc2)=CC=C1[C@@H](C)CCc1cc(C)c(C)cc1C.O=C=O.[HH]. The Kier molecular flexibility index (Phi) is 10.7. The van der Waals surface area contributed by atoms with Gasteiger partial charge in [-0.05, 0) is 87.1 Å². The maximum atomic E-state index is 8.12. The number of carbonyl (C=O) groups excluding carboxylic acids is 2. The minimum absolute atomic E-state index is 0. The van der Waals surface area contributed by atoms with Gasteiger partial charge in [0.2, 0.25) is 0 Å². The Balaban J connectivity index is 0.00000207. The smallest absolute Gasteiger partial charge is 0.186 e. The molecule has 1 unspecified atom stereocenters. The monoisotopic (exact) mass is 448 g/mol. The van der Waals surface area contributed by atoms with E-state index in [0.29, 0.717) is 5.92 Å². The molecule has 0 N–H and O–H groups in total. The lowest BCUT2D eigenvalue weighted by Gasteiger charge is -2.34. The van der Waals surface area contributed by atoms with E-state index in [1.165, 1.54) is 52.6 Å². The second-order valence-electron chi connectivity index (χ2n) is 9.55. The first-order chi connectivity index (χ1) is 15.2. The average Bonchev–Trinajstić information content (AvgIpc) is 3.08. The van der Waals surface area contributed by atoms with Crippen LogP contribution < -0.4 is 0 Å². The van der Waals surface area contributed by atoms with Crippen molar-refractivity contribution < 1.29 is 11.0 Å². The van der Waals surface area contributed by atoms with Crippen molar-refractivity contribution in [1.29, 1.82) is 0 Å². The number of aryl methyl sites for hydroxylation is 5. The molecule has 1 aliphatic carbocycles. The highest BCUT2D eigenvalue weighted by Gasteiger charge is 2.36. The van der Waals surface area contributed by atoms with Crippen molar-refractivity contribution in [2.75, 3.05) is 0 Å². The predicted octanol–water partition coefficient (Wildman–Crippen LogP) is 8.31. The molecule has 2 aromatic rings. The Morgan fingerprint density at radius 3 is 2.09 bits per heavy atom. The Labute approximate surface area is 203 Å². The fourth-order valence-corrected chi connectivity index (χ4v) is 4.88. The molecule has 0 heterocycles. The molecule has 0 aromatic heterocycles. The summed E-state index contributed by atoms with van der Waals surface area (Å²) in [7, 11) is 0. The molecule has 0 saturated heterocycles. The van der Waals surface area contributed by atoms with Gasteiger partial charge in [0.25, 0.3) is 0 Å². The van der Waals surface area contributed by atoms with Crippen LogP contribution in [0.1, 0.15) is 75.8 Å². The van der Waals surface area contributed by atoms with Crippen molar-refractivity contribution in [1.82, 2.24) is 0 Å². The van der Waals surface area contributed by atoms with E-state index >= 15 is 0 Å². The molecule has 2 nitrogen and oxygen atoms in total. The van der Waals surface area contributed by atoms with E-state index in [-0.39, 0.29) is 20.4 Å². The fourth-order valence-electron chi connectivity index (χ4n) is 4.88. The lowest BCUT2D eigenvalue weighted by molar-refractivity contribution is -0.191. The van der Waals surface area contributed by atoms with Gasteiger partial charge in [-0.2, -0.15) is 9.59 Å². The van der Waals surface area contributed by atoms with E-state index in [0.717, 1.165) is 6.42 Å². The molecular formula is C31H44O2. The van der Waals surface area contributed by atoms with Crippen LogP contribution in [0.4, 0.5) is 0 Å². The van der Waals surface area contributed by atoms with Crippen LogP contribution in [-0.4, -0.2) is 6.15 Å². The molecule has 0 aliphatic heterocycles. The molecule has 180 valence electrons. The Bertz CT molecular complexity index is 1020. The van der Waals surface area contributed by atoms with E-state index in [1.807, 2.05) is 0 Å². The number of allylic oxidation sites excluding steroid dienone is 4. The van der Waals surface area contributed by atoms with Crippen molar-refractivity contribution in [2.45, 2.75) is 81.6 Å². The summed E-state index contributed by atoms with van der Waals surface area (Å²) in [6, 6.07) is 13.8. The topological polar surface area (TPSA) is 34.1 Å². The largest absolute Gasteiger partial charge is 0.373 e. The quantitative estimate of drug-likeness (QED) is 0.427. The zero-order valence-corrected chi connectivity index (χ0v) is 20.8. The first kappa shape index (κ1) is 28.3. The number of hydrogen-bond acceptors (Lipinski definition) is 2. The summed E-state index contributed by atoms with van der Waals surface area (Å²) in [4.78, 5) is 16.2. The van der Waals surface area contributed by atoms with Crippen LogP contribution in [0.2, 0.25) is 0 Å². The summed E-state index contributed by atoms with van der Waals surface area (Å²) in [6.07, 6.45) is 9.72. The van der Waals surface area contributed by atoms with E-state index < -0.39 is 0 Å². The molecule has 0 spiro atoms. The minimum atomic E-state index is 0. The summed E-state index contributed by atoms with van der Waals surface area (Å²) < 4.78 is 0. The first-order valence-electron chi connectivity index (χ1n) is 11.7. The predicted molar refractivity (Wildman–Crippen MR) is 141 cm³/mol. The first-order valence-corrected chi connectivity index (χ1v) is 11.7. The summed E-state index contributed by atoms with van der Waals surface area (Å²) in [5, 5.41) is 0. The van der Waals surface area contributed by atoms with Crippen molar-refractivity contribution in [3.8, 4) is 0 Å². The normalized spacial score (nSPS) is 17.7. The van der Waals surface area contributed by atoms with Crippen molar-refractivity contribution in [3.63, 3.8) is 0 Å². The summed E-state index contributed by atoms with van der Waals surface area (Å²) in [6.45, 7) is 16.1. The van der Waals surface area contributed by atoms with Gasteiger partial charge in [-0.1, -0.05) is 93.5 Å². The van der Waals surface area contributed by atoms with Gasteiger partial charge in [0.1, 0.15) is 0 Å². The molecule has 0 fully saturated rings. The second kappa shape index (κ2) is 12.5. The van der Waals surface area contributed by atoms with Gasteiger partial charge in [-0.25, -0.2) is 0 Å². The molecule has 0 amide bonds. The van der Waals surface area contributed by atoms with Crippen LogP contribution in [0.5, 0.6) is 0 Å². The van der Waals surface area contributed by atoms with E-state index in [9.17, 15) is 0 Å². The molecule has 0 radical (unpaired) electrons. The fraction of sp³-hybridized carbons (Fsp3) is 0.452. The van der Waals surface area contributed by atoms with Gasteiger partial charge in [-0.15, -0.1) is 0 Å². The lowest BCUT2D eigenvalue weighted by Crippen LogP contribution is -2.24. The van der Waals surface area contributed by atoms with E-state index in [4.69, 9.17) is 9.59 Å². The molecule has 0 bridgehead atoms. The Morgan fingerprint density at radius 2 is 1.52 bits per heavy atom. The Morgan fingerprint density at radius 1 is 0.939 bits per heavy atom. The standard InChI is InChI=1S/C29H38.CO2.CH4.H2/c1-8-29(7)27(19-25-12-9-20(2)10-13-25)15-16-28(29)21(3)11-14-26-18-23(5)22(4)17-24(26)6;2-1-3;;/h9-10,12-13,15-18,21H,8,11,14,19H2,1-7H3;;1H4;1H/t21-,29?;;;/m0.../s1. The van der Waals surface area contributed by atoms with E-state index in [1.54, 1.807) is 11.1 Å². The third-order valence-electron chi connectivity index (χ3n) is 7.36. The van der Waals surface area contributed by atoms with Crippen LogP contribution in [0.15, 0.2) is 59.7 Å². The van der Waals surface area contributed by atoms with Crippen LogP contribution in [0.25, 0.3) is 0 Å². The van der Waals surface area contributed by atoms with Gasteiger partial charge in [0.15, 0.2) is 0 Å². The van der Waals surface area contributed by atoms with E-state index in [2.05, 4.69) is 97.0 Å². The molecule has 2 heteroatoms. The molecular weight excluding hydrogens is 404 g/mol. The maximum absolute atomic E-state index is 8.12. The van der Waals surface area contributed by atoms with Gasteiger partial charge in [0.05, 0.1) is 0 Å². The van der Waals surface area contributed by atoms with Crippen LogP contribution in [0.3, 0.4) is 0 Å². The number of hydrogen-bond donors (Lipinski definition) is 0. The average molecular weight is 449 g/mol. The zero-order valence-electron chi connectivity index (χ0n) is 20.8. The molecule has 2 aromatic carbocycles. The highest BCUT2D eigenvalue weighted by atomic mass is 16.2. The maximum Gasteiger partial charge on any atom is 0.373 e. The molecule has 3 rings (SSSR count). The number of rotatable bonds is 7. The Hall–Kier alpha value is -2.70. The van der Waals surface area contributed by atoms with Gasteiger partial charge in [-0.3, -0.25) is 0 Å². The molecule has 2 atom stereocenters. The van der Waals surface area contributed by atoms with Crippen molar-refractivity contribution in [3.05, 3.63) is 93.1 Å². The lowest BCUT2D eigenvalue weighted by atomic mass is 9.70. The van der Waals surface area contributed by atoms with Crippen molar-refractivity contribution in [2.24, 2.45) is 11.3 Å². The van der Waals surface area contributed by atoms with Gasteiger partial charge < -0.3 is 0 Å². The highest BCUT2D eigenvalue weighted by molar-refractivity contribution is 5.44. The van der Waals surface area contributed by atoms with Gasteiger partial charge >= 0.3 is 6.15 Å². The van der Waals surface area contributed by atoms with Crippen LogP contribution >= 0.6 is 0 Å². The zero-order chi connectivity index (χ0) is 23.9. The van der Waals surface area contributed by atoms with Crippen LogP contribution in [-0.2, 0) is 22.4 Å². The molecule has 1 aliphatic rings. The third kappa shape index (κ3) is 6.89. The minimum Gasteiger partial charge on any atom is -0.186 e. The number of benzene rings is 2. The van der Waals surface area contributed by atoms with Gasteiger partial charge in [0, 0.05) is 6.84 Å². The summed E-state index contributed by atoms with van der Waals surface area (Å²) in [5.41, 5.74) is 11.9. The third-order valence-corrected chi connectivity index (χ3v) is 7.36. The van der Waals surface area contributed by atoms with Crippen LogP contribution in [0, 0.1) is 39.0 Å². The highest BCUT2D eigenvalue weighted by Crippen LogP contribution is 2.48.